The van der Waals surface area contributed by atoms with E-state index in [0.717, 1.165) is 0 Å². The number of benzene rings is 1. The lowest BCUT2D eigenvalue weighted by Gasteiger charge is -2.12. The molecule has 1 unspecified atom stereocenters. The van der Waals surface area contributed by atoms with Gasteiger partial charge in [-0.3, -0.25) is 0 Å². The third-order valence-corrected chi connectivity index (χ3v) is 4.08. The number of aromatic carboxylic acids is 1. The molecule has 1 atom stereocenters. The van der Waals surface area contributed by atoms with Gasteiger partial charge in [0.05, 0.1) is 11.7 Å². The van der Waals surface area contributed by atoms with Crippen LogP contribution in [-0.4, -0.2) is 37.2 Å². The molecule has 0 aliphatic carbocycles. The van der Waals surface area contributed by atoms with Gasteiger partial charge in [0.2, 0.25) is 10.0 Å². The summed E-state index contributed by atoms with van der Waals surface area (Å²) in [6.07, 6.45) is -0.0325. The Morgan fingerprint density at radius 2 is 2.00 bits per heavy atom. The van der Waals surface area contributed by atoms with Crippen LogP contribution in [0.15, 0.2) is 17.0 Å². The van der Waals surface area contributed by atoms with Crippen LogP contribution < -0.4 is 4.72 Å². The normalized spacial score (nSPS) is 13.1. The molecule has 0 radical (unpaired) electrons. The quantitative estimate of drug-likeness (QED) is 0.697. The third-order valence-electron chi connectivity index (χ3n) is 2.66. The van der Waals surface area contributed by atoms with Crippen molar-refractivity contribution in [1.82, 2.24) is 4.72 Å². The largest absolute Gasteiger partial charge is 0.478 e. The van der Waals surface area contributed by atoms with Crippen molar-refractivity contribution in [3.63, 3.8) is 0 Å². The van der Waals surface area contributed by atoms with Gasteiger partial charge < -0.3 is 10.2 Å². The lowest BCUT2D eigenvalue weighted by Crippen LogP contribution is -2.32. The van der Waals surface area contributed by atoms with Crippen molar-refractivity contribution in [2.45, 2.75) is 30.8 Å². The Kier molecular flexibility index (Phi) is 5.76. The fourth-order valence-electron chi connectivity index (χ4n) is 1.60. The predicted octanol–water partition coefficient (Wildman–Crippen LogP) is 1.10. The molecule has 1 aromatic carbocycles. The maximum Gasteiger partial charge on any atom is 0.335 e. The summed E-state index contributed by atoms with van der Waals surface area (Å²) in [4.78, 5) is 9.64. The Hall–Kier alpha value is -1.58. The molecule has 0 aliphatic heterocycles. The zero-order valence-corrected chi connectivity index (χ0v) is 12.0. The molecule has 21 heavy (non-hydrogen) atoms. The maximum absolute atomic E-state index is 13.6. The first-order chi connectivity index (χ1) is 9.69. The van der Waals surface area contributed by atoms with Crippen LogP contribution in [0.4, 0.5) is 8.78 Å². The summed E-state index contributed by atoms with van der Waals surface area (Å²) in [6, 6.07) is 0.915. The van der Waals surface area contributed by atoms with Gasteiger partial charge in [0.15, 0.2) is 11.6 Å². The summed E-state index contributed by atoms with van der Waals surface area (Å²) in [7, 11) is -4.47. The summed E-state index contributed by atoms with van der Waals surface area (Å²) in [6.45, 7) is 1.40. The first-order valence-corrected chi connectivity index (χ1v) is 7.57. The average Bonchev–Trinajstić information content (AvgIpc) is 2.39. The summed E-state index contributed by atoms with van der Waals surface area (Å²) < 4.78 is 52.5. The highest BCUT2D eigenvalue weighted by Crippen LogP contribution is 2.20. The number of aliphatic hydroxyl groups excluding tert-OH is 1. The number of carboxylic acids is 1. The molecule has 0 saturated carbocycles. The molecule has 0 amide bonds. The molecule has 0 aromatic heterocycles. The van der Waals surface area contributed by atoms with Crippen molar-refractivity contribution in [3.8, 4) is 0 Å². The minimum atomic E-state index is -4.47. The van der Waals surface area contributed by atoms with Crippen molar-refractivity contribution in [2.75, 3.05) is 6.54 Å². The molecule has 0 fully saturated rings. The standard InChI is InChI=1S/C12H15F2NO5S/c1-2-3-8(16)6-15-21(19,20)10-5-7(12(17)18)4-9(13)11(10)14/h4-5,8,15-16H,2-3,6H2,1H3,(H,17,18). The van der Waals surface area contributed by atoms with E-state index in [1.54, 1.807) is 6.92 Å². The van der Waals surface area contributed by atoms with Crippen LogP contribution in [0.5, 0.6) is 0 Å². The number of hydrogen-bond acceptors (Lipinski definition) is 4. The van der Waals surface area contributed by atoms with Crippen LogP contribution in [0.25, 0.3) is 0 Å². The van der Waals surface area contributed by atoms with Gasteiger partial charge in [-0.1, -0.05) is 13.3 Å². The number of hydrogen-bond donors (Lipinski definition) is 3. The topological polar surface area (TPSA) is 104 Å². The van der Waals surface area contributed by atoms with Gasteiger partial charge in [-0.15, -0.1) is 0 Å². The number of sulfonamides is 1. The van der Waals surface area contributed by atoms with E-state index in [1.807, 2.05) is 4.72 Å². The van der Waals surface area contributed by atoms with Crippen molar-refractivity contribution in [2.24, 2.45) is 0 Å². The van der Waals surface area contributed by atoms with E-state index in [1.165, 1.54) is 0 Å². The summed E-state index contributed by atoms with van der Waals surface area (Å²) >= 11 is 0. The number of halogens is 2. The van der Waals surface area contributed by atoms with Crippen LogP contribution in [0.1, 0.15) is 30.1 Å². The number of nitrogens with one attached hydrogen (secondary N) is 1. The third kappa shape index (κ3) is 4.45. The number of aliphatic hydroxyl groups is 1. The van der Waals surface area contributed by atoms with Crippen LogP contribution in [0, 0.1) is 11.6 Å². The number of carboxylic acid groups (broad SMARTS) is 1. The van der Waals surface area contributed by atoms with E-state index in [2.05, 4.69) is 0 Å². The molecule has 9 heteroatoms. The highest BCUT2D eigenvalue weighted by Gasteiger charge is 2.25. The van der Waals surface area contributed by atoms with Crippen molar-refractivity contribution in [3.05, 3.63) is 29.3 Å². The maximum atomic E-state index is 13.6. The van der Waals surface area contributed by atoms with Crippen LogP contribution in [-0.2, 0) is 10.0 Å². The molecular weight excluding hydrogens is 308 g/mol. The zero-order valence-electron chi connectivity index (χ0n) is 11.1. The second-order valence-corrected chi connectivity index (χ2v) is 6.11. The van der Waals surface area contributed by atoms with Gasteiger partial charge in [-0.25, -0.2) is 26.7 Å². The number of carbonyl (C=O) groups is 1. The minimum Gasteiger partial charge on any atom is -0.478 e. The minimum absolute atomic E-state index is 0.328. The lowest BCUT2D eigenvalue weighted by atomic mass is 10.2. The highest BCUT2D eigenvalue weighted by atomic mass is 32.2. The first kappa shape index (κ1) is 17.5. The Bertz CT molecular complexity index is 633. The average molecular weight is 323 g/mol. The summed E-state index contributed by atoms with van der Waals surface area (Å²) in [5, 5.41) is 18.2. The molecule has 0 aliphatic rings. The molecule has 6 nitrogen and oxygen atoms in total. The molecule has 1 rings (SSSR count). The van der Waals surface area contributed by atoms with Crippen LogP contribution in [0.3, 0.4) is 0 Å². The molecular formula is C12H15F2NO5S. The van der Waals surface area contributed by atoms with E-state index >= 15 is 0 Å². The highest BCUT2D eigenvalue weighted by molar-refractivity contribution is 7.89. The summed E-state index contributed by atoms with van der Waals surface area (Å²) in [5.41, 5.74) is -0.691. The van der Waals surface area contributed by atoms with E-state index in [-0.39, 0.29) is 6.54 Å². The van der Waals surface area contributed by atoms with Crippen molar-refractivity contribution < 1.29 is 32.2 Å². The van der Waals surface area contributed by atoms with Gasteiger partial charge in [0, 0.05) is 6.54 Å². The smallest absolute Gasteiger partial charge is 0.335 e. The lowest BCUT2D eigenvalue weighted by molar-refractivity contribution is 0.0695. The Balaban J connectivity index is 3.10. The van der Waals surface area contributed by atoms with Crippen LogP contribution in [0.2, 0.25) is 0 Å². The van der Waals surface area contributed by atoms with Gasteiger partial charge in [-0.2, -0.15) is 0 Å². The Labute approximate surface area is 120 Å². The summed E-state index contributed by atoms with van der Waals surface area (Å²) in [5.74, 6) is -4.83. The Morgan fingerprint density at radius 3 is 2.52 bits per heavy atom. The Morgan fingerprint density at radius 1 is 1.38 bits per heavy atom. The van der Waals surface area contributed by atoms with Crippen molar-refractivity contribution in [1.29, 1.82) is 0 Å². The van der Waals surface area contributed by atoms with Crippen LogP contribution >= 0.6 is 0 Å². The van der Waals surface area contributed by atoms with Gasteiger partial charge in [0.25, 0.3) is 0 Å². The second-order valence-electron chi connectivity index (χ2n) is 4.37. The molecule has 3 N–H and O–H groups in total. The van der Waals surface area contributed by atoms with Gasteiger partial charge >= 0.3 is 5.97 Å². The fourth-order valence-corrected chi connectivity index (χ4v) is 2.78. The van der Waals surface area contributed by atoms with E-state index in [0.29, 0.717) is 25.0 Å². The van der Waals surface area contributed by atoms with E-state index in [4.69, 9.17) is 5.11 Å². The SMILES string of the molecule is CCCC(O)CNS(=O)(=O)c1cc(C(=O)O)cc(F)c1F. The molecule has 0 heterocycles. The molecule has 0 bridgehead atoms. The van der Waals surface area contributed by atoms with E-state index < -0.39 is 44.2 Å². The fraction of sp³-hybridized carbons (Fsp3) is 0.417. The van der Waals surface area contributed by atoms with Gasteiger partial charge in [-0.05, 0) is 18.6 Å². The zero-order chi connectivity index (χ0) is 16.2. The number of rotatable bonds is 7. The molecule has 0 spiro atoms. The molecule has 1 aromatic rings. The monoisotopic (exact) mass is 323 g/mol. The van der Waals surface area contributed by atoms with E-state index in [9.17, 15) is 27.1 Å². The first-order valence-electron chi connectivity index (χ1n) is 6.09. The molecule has 0 saturated heterocycles. The predicted molar refractivity (Wildman–Crippen MR) is 69.4 cm³/mol. The van der Waals surface area contributed by atoms with Crippen molar-refractivity contribution >= 4 is 16.0 Å². The second kappa shape index (κ2) is 6.92. The van der Waals surface area contributed by atoms with Gasteiger partial charge in [0.1, 0.15) is 4.90 Å². The molecule has 118 valence electrons.